The van der Waals surface area contributed by atoms with Crippen LogP contribution in [0.2, 0.25) is 5.02 Å². The number of nitro benzene ring substituents is 1. The number of nitro groups is 1. The monoisotopic (exact) mass is 356 g/mol. The third kappa shape index (κ3) is 3.96. The highest BCUT2D eigenvalue weighted by molar-refractivity contribution is 6.32. The van der Waals surface area contributed by atoms with E-state index in [4.69, 9.17) is 11.6 Å². The maximum Gasteiger partial charge on any atom is 0.387 e. The number of nitrogens with zero attached hydrogens (tertiary/aromatic N) is 1. The fourth-order valence-corrected chi connectivity index (χ4v) is 2.28. The molecule has 0 atom stereocenters. The van der Waals surface area contributed by atoms with Gasteiger partial charge in [-0.05, 0) is 31.2 Å². The van der Waals surface area contributed by atoms with Gasteiger partial charge in [-0.15, -0.1) is 0 Å². The van der Waals surface area contributed by atoms with Crippen LogP contribution in [0.25, 0.3) is 0 Å². The lowest BCUT2D eigenvalue weighted by atomic mass is 10.1. The summed E-state index contributed by atoms with van der Waals surface area (Å²) in [5.74, 6) is -0.963. The number of para-hydroxylation sites is 1. The van der Waals surface area contributed by atoms with Gasteiger partial charge in [0.25, 0.3) is 11.6 Å². The molecule has 0 bridgehead atoms. The number of benzene rings is 2. The Labute approximate surface area is 140 Å². The summed E-state index contributed by atoms with van der Waals surface area (Å²) in [6.07, 6.45) is 0. The Morgan fingerprint density at radius 2 is 2.04 bits per heavy atom. The van der Waals surface area contributed by atoms with Crippen LogP contribution in [0.5, 0.6) is 5.75 Å². The molecular weight excluding hydrogens is 346 g/mol. The van der Waals surface area contributed by atoms with Crippen molar-refractivity contribution in [3.05, 3.63) is 62.7 Å². The Morgan fingerprint density at radius 3 is 2.62 bits per heavy atom. The lowest BCUT2D eigenvalue weighted by Gasteiger charge is -2.10. The summed E-state index contributed by atoms with van der Waals surface area (Å²) in [7, 11) is 0. The average molecular weight is 357 g/mol. The molecule has 0 aliphatic heterocycles. The van der Waals surface area contributed by atoms with Crippen molar-refractivity contribution in [1.82, 2.24) is 0 Å². The number of amides is 1. The van der Waals surface area contributed by atoms with E-state index in [0.717, 1.165) is 6.07 Å². The van der Waals surface area contributed by atoms with Crippen LogP contribution < -0.4 is 10.1 Å². The minimum atomic E-state index is -3.03. The van der Waals surface area contributed by atoms with Gasteiger partial charge in [-0.3, -0.25) is 14.9 Å². The van der Waals surface area contributed by atoms with E-state index in [-0.39, 0.29) is 27.7 Å². The predicted octanol–water partition coefficient (Wildman–Crippen LogP) is 4.41. The van der Waals surface area contributed by atoms with Crippen molar-refractivity contribution in [2.45, 2.75) is 13.5 Å². The van der Waals surface area contributed by atoms with Crippen LogP contribution in [-0.4, -0.2) is 17.4 Å². The number of rotatable bonds is 5. The fourth-order valence-electron chi connectivity index (χ4n) is 2.05. The quantitative estimate of drug-likeness (QED) is 0.635. The van der Waals surface area contributed by atoms with Crippen LogP contribution in [0.15, 0.2) is 36.4 Å². The minimum absolute atomic E-state index is 0.121. The number of alkyl halides is 2. The molecule has 2 rings (SSSR count). The van der Waals surface area contributed by atoms with Crippen molar-refractivity contribution in [1.29, 1.82) is 0 Å². The van der Waals surface area contributed by atoms with E-state index in [1.807, 2.05) is 0 Å². The van der Waals surface area contributed by atoms with E-state index >= 15 is 0 Å². The molecule has 24 heavy (non-hydrogen) atoms. The summed E-state index contributed by atoms with van der Waals surface area (Å²) in [4.78, 5) is 22.7. The number of aryl methyl sites for hydroxylation is 1. The number of carbonyl (C=O) groups is 1. The van der Waals surface area contributed by atoms with Gasteiger partial charge in [-0.1, -0.05) is 23.7 Å². The first-order chi connectivity index (χ1) is 11.3. The standard InChI is InChI=1S/C15H11ClF2N2O4/c1-8-3-2-4-10(13(8)20(22)23)14(21)19-9-5-6-12(11(16)7-9)24-15(17)18/h2-7,15H,1H3,(H,19,21). The van der Waals surface area contributed by atoms with Crippen LogP contribution in [0.1, 0.15) is 15.9 Å². The van der Waals surface area contributed by atoms with E-state index in [9.17, 15) is 23.7 Å². The second-order valence-electron chi connectivity index (χ2n) is 4.71. The van der Waals surface area contributed by atoms with Gasteiger partial charge >= 0.3 is 6.61 Å². The van der Waals surface area contributed by atoms with Crippen LogP contribution in [0.3, 0.4) is 0 Å². The van der Waals surface area contributed by atoms with Gasteiger partial charge in [0, 0.05) is 11.3 Å². The van der Waals surface area contributed by atoms with Crippen molar-refractivity contribution in [3.8, 4) is 5.75 Å². The van der Waals surface area contributed by atoms with Gasteiger partial charge in [0.15, 0.2) is 0 Å². The summed E-state index contributed by atoms with van der Waals surface area (Å²) >= 11 is 5.79. The summed E-state index contributed by atoms with van der Waals surface area (Å²) in [6.45, 7) is -1.51. The Balaban J connectivity index is 2.26. The van der Waals surface area contributed by atoms with Crippen molar-refractivity contribution < 1.29 is 23.2 Å². The fraction of sp³-hybridized carbons (Fsp3) is 0.133. The lowest BCUT2D eigenvalue weighted by Crippen LogP contribution is -2.14. The van der Waals surface area contributed by atoms with E-state index in [2.05, 4.69) is 10.1 Å². The second-order valence-corrected chi connectivity index (χ2v) is 5.11. The Kier molecular flexibility index (Phi) is 5.30. The Hall–Kier alpha value is -2.74. The van der Waals surface area contributed by atoms with Gasteiger partial charge in [-0.2, -0.15) is 8.78 Å². The summed E-state index contributed by atoms with van der Waals surface area (Å²) < 4.78 is 28.5. The zero-order chi connectivity index (χ0) is 17.9. The van der Waals surface area contributed by atoms with Gasteiger partial charge in [-0.25, -0.2) is 0 Å². The first-order valence-electron chi connectivity index (χ1n) is 6.59. The summed E-state index contributed by atoms with van der Waals surface area (Å²) in [6, 6.07) is 8.01. The third-order valence-electron chi connectivity index (χ3n) is 3.07. The van der Waals surface area contributed by atoms with E-state index in [1.165, 1.54) is 37.3 Å². The molecule has 0 aromatic heterocycles. The highest BCUT2D eigenvalue weighted by Gasteiger charge is 2.22. The number of anilines is 1. The molecule has 1 amide bonds. The number of ether oxygens (including phenoxy) is 1. The zero-order valence-corrected chi connectivity index (χ0v) is 13.0. The number of carbonyl (C=O) groups excluding carboxylic acids is 1. The molecule has 0 unspecified atom stereocenters. The van der Waals surface area contributed by atoms with Gasteiger partial charge in [0.1, 0.15) is 11.3 Å². The maximum atomic E-state index is 12.3. The molecule has 2 aromatic carbocycles. The Morgan fingerprint density at radius 1 is 1.33 bits per heavy atom. The average Bonchev–Trinajstić information content (AvgIpc) is 2.49. The van der Waals surface area contributed by atoms with E-state index < -0.39 is 17.4 Å². The largest absolute Gasteiger partial charge is 0.433 e. The molecule has 2 aromatic rings. The number of hydrogen-bond donors (Lipinski definition) is 1. The third-order valence-corrected chi connectivity index (χ3v) is 3.37. The molecule has 0 radical (unpaired) electrons. The molecule has 1 N–H and O–H groups in total. The van der Waals surface area contributed by atoms with E-state index in [1.54, 1.807) is 0 Å². The highest BCUT2D eigenvalue weighted by atomic mass is 35.5. The van der Waals surface area contributed by atoms with Crippen molar-refractivity contribution in [3.63, 3.8) is 0 Å². The number of nitrogens with one attached hydrogen (secondary N) is 1. The van der Waals surface area contributed by atoms with Crippen molar-refractivity contribution in [2.24, 2.45) is 0 Å². The molecule has 0 saturated heterocycles. The summed E-state index contributed by atoms with van der Waals surface area (Å²) in [5, 5.41) is 13.4. The molecule has 0 fully saturated rings. The maximum absolute atomic E-state index is 12.3. The van der Waals surface area contributed by atoms with Gasteiger partial charge < -0.3 is 10.1 Å². The number of halogens is 3. The van der Waals surface area contributed by atoms with Crippen LogP contribution in [0.4, 0.5) is 20.2 Å². The first kappa shape index (κ1) is 17.6. The normalized spacial score (nSPS) is 10.5. The molecule has 126 valence electrons. The predicted molar refractivity (Wildman–Crippen MR) is 83.9 cm³/mol. The topological polar surface area (TPSA) is 81.5 Å². The highest BCUT2D eigenvalue weighted by Crippen LogP contribution is 2.30. The Bertz CT molecular complexity index is 799. The first-order valence-corrected chi connectivity index (χ1v) is 6.97. The molecule has 0 spiro atoms. The zero-order valence-electron chi connectivity index (χ0n) is 12.3. The minimum Gasteiger partial charge on any atom is -0.433 e. The molecule has 0 aliphatic carbocycles. The second kappa shape index (κ2) is 7.22. The van der Waals surface area contributed by atoms with Crippen LogP contribution in [0, 0.1) is 17.0 Å². The van der Waals surface area contributed by atoms with Crippen LogP contribution in [-0.2, 0) is 0 Å². The number of hydrogen-bond acceptors (Lipinski definition) is 4. The van der Waals surface area contributed by atoms with Gasteiger partial charge in [0.2, 0.25) is 0 Å². The van der Waals surface area contributed by atoms with Crippen molar-refractivity contribution in [2.75, 3.05) is 5.32 Å². The summed E-state index contributed by atoms with van der Waals surface area (Å²) in [5.41, 5.74) is 0.0940. The molecule has 0 aliphatic rings. The lowest BCUT2D eigenvalue weighted by molar-refractivity contribution is -0.385. The SMILES string of the molecule is Cc1cccc(C(=O)Nc2ccc(OC(F)F)c(Cl)c2)c1[N+](=O)[O-]. The van der Waals surface area contributed by atoms with Crippen LogP contribution >= 0.6 is 11.6 Å². The molecule has 0 saturated carbocycles. The van der Waals surface area contributed by atoms with E-state index in [0.29, 0.717) is 5.56 Å². The van der Waals surface area contributed by atoms with Crippen molar-refractivity contribution >= 4 is 28.9 Å². The molecule has 9 heteroatoms. The smallest absolute Gasteiger partial charge is 0.387 e. The molecule has 0 heterocycles. The van der Waals surface area contributed by atoms with Gasteiger partial charge in [0.05, 0.1) is 9.95 Å². The molecule has 6 nitrogen and oxygen atoms in total. The molecular formula is C15H11ClF2N2O4.